The zero-order valence-electron chi connectivity index (χ0n) is 9.95. The number of aromatic amines is 1. The molecular weight excluding hydrogens is 186 g/mol. The number of aromatic nitrogens is 2. The van der Waals surface area contributed by atoms with E-state index in [2.05, 4.69) is 35.9 Å². The molecule has 1 fully saturated rings. The maximum atomic E-state index is 4.38. The Labute approximate surface area is 91.9 Å². The van der Waals surface area contributed by atoms with Crippen molar-refractivity contribution >= 4 is 0 Å². The van der Waals surface area contributed by atoms with E-state index in [4.69, 9.17) is 0 Å². The first-order valence-electron chi connectivity index (χ1n) is 5.93. The van der Waals surface area contributed by atoms with Gasteiger partial charge in [0.2, 0.25) is 0 Å². The highest BCUT2D eigenvalue weighted by Gasteiger charge is 2.25. The van der Waals surface area contributed by atoms with E-state index in [9.17, 15) is 0 Å². The van der Waals surface area contributed by atoms with E-state index in [1.165, 1.54) is 37.2 Å². The van der Waals surface area contributed by atoms with Crippen LogP contribution in [0.4, 0.5) is 0 Å². The Morgan fingerprint density at radius 3 is 2.93 bits per heavy atom. The van der Waals surface area contributed by atoms with Gasteiger partial charge in [-0.05, 0) is 45.7 Å². The average Bonchev–Trinajstić information content (AvgIpc) is 2.64. The van der Waals surface area contributed by atoms with Crippen molar-refractivity contribution in [1.29, 1.82) is 0 Å². The van der Waals surface area contributed by atoms with E-state index in [0.717, 1.165) is 0 Å². The second kappa shape index (κ2) is 4.35. The van der Waals surface area contributed by atoms with Gasteiger partial charge in [-0.2, -0.15) is 5.10 Å². The molecule has 0 spiro atoms. The van der Waals surface area contributed by atoms with Crippen LogP contribution in [0.3, 0.4) is 0 Å². The molecule has 1 aliphatic rings. The summed E-state index contributed by atoms with van der Waals surface area (Å²) in [6, 6.07) is 0.659. The topological polar surface area (TPSA) is 31.9 Å². The fourth-order valence-corrected chi connectivity index (χ4v) is 2.47. The first kappa shape index (κ1) is 10.7. The third-order valence-corrected chi connectivity index (χ3v) is 3.44. The molecule has 1 N–H and O–H groups in total. The molecule has 0 radical (unpaired) electrons. The van der Waals surface area contributed by atoms with Gasteiger partial charge in [-0.3, -0.25) is 5.10 Å². The summed E-state index contributed by atoms with van der Waals surface area (Å²) in [4.78, 5) is 2.56. The van der Waals surface area contributed by atoms with Gasteiger partial charge >= 0.3 is 0 Å². The molecule has 3 nitrogen and oxygen atoms in total. The molecular formula is C12H21N3. The standard InChI is InChI=1S/C12H21N3/c1-9(2)15-6-4-5-11(8-15)12-10(3)7-13-14-12/h7,9,11H,4-6,8H2,1-3H3,(H,13,14). The smallest absolute Gasteiger partial charge is 0.0694 e. The van der Waals surface area contributed by atoms with Crippen molar-refractivity contribution in [3.8, 4) is 0 Å². The van der Waals surface area contributed by atoms with E-state index in [0.29, 0.717) is 12.0 Å². The summed E-state index contributed by atoms with van der Waals surface area (Å²) in [5.41, 5.74) is 2.59. The summed E-state index contributed by atoms with van der Waals surface area (Å²) in [5.74, 6) is 0.632. The number of hydrogen-bond donors (Lipinski definition) is 1. The van der Waals surface area contributed by atoms with E-state index >= 15 is 0 Å². The number of nitrogens with one attached hydrogen (secondary N) is 1. The highest BCUT2D eigenvalue weighted by molar-refractivity contribution is 5.19. The van der Waals surface area contributed by atoms with Crippen LogP contribution in [-0.4, -0.2) is 34.2 Å². The van der Waals surface area contributed by atoms with Gasteiger partial charge in [-0.25, -0.2) is 0 Å². The molecule has 0 aliphatic carbocycles. The summed E-state index contributed by atoms with van der Waals surface area (Å²) in [7, 11) is 0. The zero-order valence-corrected chi connectivity index (χ0v) is 9.95. The van der Waals surface area contributed by atoms with E-state index in [1.807, 2.05) is 6.20 Å². The lowest BCUT2D eigenvalue weighted by Crippen LogP contribution is -2.39. The van der Waals surface area contributed by atoms with Crippen molar-refractivity contribution < 1.29 is 0 Å². The maximum Gasteiger partial charge on any atom is 0.0694 e. The minimum absolute atomic E-state index is 0.632. The number of nitrogens with zero attached hydrogens (tertiary/aromatic N) is 2. The van der Waals surface area contributed by atoms with Crippen molar-refractivity contribution in [2.24, 2.45) is 0 Å². The van der Waals surface area contributed by atoms with Crippen molar-refractivity contribution in [1.82, 2.24) is 15.1 Å². The Kier molecular flexibility index (Phi) is 3.10. The Balaban J connectivity index is 2.08. The Morgan fingerprint density at radius 1 is 1.53 bits per heavy atom. The third-order valence-electron chi connectivity index (χ3n) is 3.44. The number of rotatable bonds is 2. The van der Waals surface area contributed by atoms with Crippen LogP contribution in [0.2, 0.25) is 0 Å². The van der Waals surface area contributed by atoms with Crippen LogP contribution < -0.4 is 0 Å². The van der Waals surface area contributed by atoms with Crippen LogP contribution in [0.15, 0.2) is 6.20 Å². The number of piperidine rings is 1. The number of likely N-dealkylation sites (tertiary alicyclic amines) is 1. The normalized spacial score (nSPS) is 23.6. The predicted octanol–water partition coefficient (Wildman–Crippen LogP) is 2.31. The first-order valence-corrected chi connectivity index (χ1v) is 5.93. The molecule has 1 aromatic heterocycles. The van der Waals surface area contributed by atoms with Crippen LogP contribution in [0.1, 0.15) is 43.9 Å². The zero-order chi connectivity index (χ0) is 10.8. The molecule has 3 heteroatoms. The van der Waals surface area contributed by atoms with E-state index in [-0.39, 0.29) is 0 Å². The van der Waals surface area contributed by atoms with Crippen LogP contribution in [0, 0.1) is 6.92 Å². The summed E-state index contributed by atoms with van der Waals surface area (Å²) < 4.78 is 0. The van der Waals surface area contributed by atoms with Gasteiger partial charge in [0.25, 0.3) is 0 Å². The Hall–Kier alpha value is -0.830. The van der Waals surface area contributed by atoms with Crippen molar-refractivity contribution in [3.05, 3.63) is 17.5 Å². The number of H-pyrrole nitrogens is 1. The predicted molar refractivity (Wildman–Crippen MR) is 62.0 cm³/mol. The largest absolute Gasteiger partial charge is 0.300 e. The first-order chi connectivity index (χ1) is 7.18. The second-order valence-corrected chi connectivity index (χ2v) is 4.88. The lowest BCUT2D eigenvalue weighted by molar-refractivity contribution is 0.166. The molecule has 15 heavy (non-hydrogen) atoms. The Morgan fingerprint density at radius 2 is 2.33 bits per heavy atom. The number of hydrogen-bond acceptors (Lipinski definition) is 2. The quantitative estimate of drug-likeness (QED) is 0.807. The molecule has 1 aromatic rings. The fraction of sp³-hybridized carbons (Fsp3) is 0.750. The van der Waals surface area contributed by atoms with Gasteiger partial charge in [0.05, 0.1) is 5.69 Å². The third kappa shape index (κ3) is 2.23. The van der Waals surface area contributed by atoms with Crippen LogP contribution in [-0.2, 0) is 0 Å². The molecule has 0 amide bonds. The SMILES string of the molecule is Cc1c[nH]nc1C1CCCN(C(C)C)C1. The summed E-state index contributed by atoms with van der Waals surface area (Å²) >= 11 is 0. The maximum absolute atomic E-state index is 4.38. The minimum Gasteiger partial charge on any atom is -0.300 e. The number of aryl methyl sites for hydroxylation is 1. The van der Waals surface area contributed by atoms with E-state index in [1.54, 1.807) is 0 Å². The van der Waals surface area contributed by atoms with Crippen molar-refractivity contribution in [2.75, 3.05) is 13.1 Å². The summed E-state index contributed by atoms with van der Waals surface area (Å²) in [5, 5.41) is 7.35. The second-order valence-electron chi connectivity index (χ2n) is 4.88. The average molecular weight is 207 g/mol. The van der Waals surface area contributed by atoms with E-state index < -0.39 is 0 Å². The van der Waals surface area contributed by atoms with Gasteiger partial charge in [0.1, 0.15) is 0 Å². The molecule has 1 unspecified atom stereocenters. The molecule has 1 saturated heterocycles. The molecule has 0 aromatic carbocycles. The van der Waals surface area contributed by atoms with Gasteiger partial charge in [0, 0.05) is 24.7 Å². The van der Waals surface area contributed by atoms with Crippen LogP contribution >= 0.6 is 0 Å². The van der Waals surface area contributed by atoms with Crippen LogP contribution in [0.25, 0.3) is 0 Å². The van der Waals surface area contributed by atoms with Crippen LogP contribution in [0.5, 0.6) is 0 Å². The lowest BCUT2D eigenvalue weighted by Gasteiger charge is -2.35. The highest BCUT2D eigenvalue weighted by atomic mass is 15.2. The van der Waals surface area contributed by atoms with Crippen molar-refractivity contribution in [2.45, 2.75) is 45.6 Å². The van der Waals surface area contributed by atoms with Gasteiger partial charge in [-0.15, -0.1) is 0 Å². The van der Waals surface area contributed by atoms with Crippen molar-refractivity contribution in [3.63, 3.8) is 0 Å². The van der Waals surface area contributed by atoms with Gasteiger partial charge in [-0.1, -0.05) is 0 Å². The summed E-state index contributed by atoms with van der Waals surface area (Å²) in [6.07, 6.45) is 4.59. The lowest BCUT2D eigenvalue weighted by atomic mass is 9.92. The fourth-order valence-electron chi connectivity index (χ4n) is 2.47. The molecule has 1 atom stereocenters. The molecule has 0 bridgehead atoms. The molecule has 2 rings (SSSR count). The van der Waals surface area contributed by atoms with Gasteiger partial charge in [0.15, 0.2) is 0 Å². The molecule has 1 aliphatic heterocycles. The molecule has 0 saturated carbocycles. The minimum atomic E-state index is 0.632. The highest BCUT2D eigenvalue weighted by Crippen LogP contribution is 2.28. The van der Waals surface area contributed by atoms with Gasteiger partial charge < -0.3 is 4.90 Å². The monoisotopic (exact) mass is 207 g/mol. The molecule has 2 heterocycles. The molecule has 84 valence electrons. The summed E-state index contributed by atoms with van der Waals surface area (Å²) in [6.45, 7) is 9.12. The Bertz CT molecular complexity index is 316.